The molecular formula is C15H24N2O2. The van der Waals surface area contributed by atoms with Gasteiger partial charge in [-0.1, -0.05) is 43.7 Å². The Balaban J connectivity index is 2.43. The summed E-state index contributed by atoms with van der Waals surface area (Å²) < 4.78 is 0. The molecule has 0 heterocycles. The largest absolute Gasteiger partial charge is 0.388 e. The molecule has 4 N–H and O–H groups in total. The quantitative estimate of drug-likeness (QED) is 0.702. The molecule has 0 aliphatic rings. The predicted molar refractivity (Wildman–Crippen MR) is 76.5 cm³/mol. The van der Waals surface area contributed by atoms with Crippen LogP contribution >= 0.6 is 0 Å². The molecule has 1 rings (SSSR count). The third-order valence-corrected chi connectivity index (χ3v) is 3.09. The maximum atomic E-state index is 11.7. The molecule has 106 valence electrons. The van der Waals surface area contributed by atoms with Crippen LogP contribution in [0, 0.1) is 0 Å². The average Bonchev–Trinajstić information content (AvgIpc) is 2.39. The fourth-order valence-corrected chi connectivity index (χ4v) is 2.00. The van der Waals surface area contributed by atoms with E-state index in [-0.39, 0.29) is 11.9 Å². The molecule has 0 aliphatic carbocycles. The third kappa shape index (κ3) is 5.41. The van der Waals surface area contributed by atoms with Crippen molar-refractivity contribution in [3.8, 4) is 0 Å². The van der Waals surface area contributed by atoms with E-state index in [2.05, 4.69) is 5.32 Å². The molecule has 1 aromatic carbocycles. The van der Waals surface area contributed by atoms with Crippen LogP contribution in [0.4, 0.5) is 0 Å². The molecule has 0 radical (unpaired) electrons. The standard InChI is InChI=1S/C15H24N2O2/c1-3-7-13(16)15(19)17-11(2)10-14(18)12-8-5-4-6-9-12/h4-6,8-9,11,13-14,18H,3,7,10,16H2,1-2H3,(H,17,19). The van der Waals surface area contributed by atoms with E-state index in [4.69, 9.17) is 5.73 Å². The normalized spacial score (nSPS) is 15.6. The van der Waals surface area contributed by atoms with Crippen LogP contribution in [-0.4, -0.2) is 23.1 Å². The van der Waals surface area contributed by atoms with Crippen molar-refractivity contribution in [3.63, 3.8) is 0 Å². The second-order valence-electron chi connectivity index (χ2n) is 4.97. The molecule has 4 nitrogen and oxygen atoms in total. The number of nitrogens with one attached hydrogen (secondary N) is 1. The van der Waals surface area contributed by atoms with Crippen molar-refractivity contribution in [3.05, 3.63) is 35.9 Å². The Hall–Kier alpha value is -1.39. The molecule has 0 aliphatic heterocycles. The highest BCUT2D eigenvalue weighted by atomic mass is 16.3. The lowest BCUT2D eigenvalue weighted by atomic mass is 10.0. The molecule has 0 saturated carbocycles. The summed E-state index contributed by atoms with van der Waals surface area (Å²) in [7, 11) is 0. The first-order valence-corrected chi connectivity index (χ1v) is 6.83. The molecule has 0 spiro atoms. The zero-order chi connectivity index (χ0) is 14.3. The van der Waals surface area contributed by atoms with Gasteiger partial charge < -0.3 is 16.2 Å². The van der Waals surface area contributed by atoms with Crippen LogP contribution in [0.5, 0.6) is 0 Å². The van der Waals surface area contributed by atoms with Gasteiger partial charge in [-0.25, -0.2) is 0 Å². The minimum Gasteiger partial charge on any atom is -0.388 e. The van der Waals surface area contributed by atoms with Crippen molar-refractivity contribution in [2.45, 2.75) is 51.3 Å². The Morgan fingerprint density at radius 3 is 2.58 bits per heavy atom. The lowest BCUT2D eigenvalue weighted by Crippen LogP contribution is -2.44. The van der Waals surface area contributed by atoms with Crippen LogP contribution in [0.25, 0.3) is 0 Å². The SMILES string of the molecule is CCCC(N)C(=O)NC(C)CC(O)c1ccccc1. The van der Waals surface area contributed by atoms with Gasteiger partial charge in [0.25, 0.3) is 0 Å². The number of nitrogens with two attached hydrogens (primary N) is 1. The van der Waals surface area contributed by atoms with Gasteiger partial charge in [-0.3, -0.25) is 4.79 Å². The fourth-order valence-electron chi connectivity index (χ4n) is 2.00. The van der Waals surface area contributed by atoms with E-state index in [0.717, 1.165) is 12.0 Å². The number of carbonyl (C=O) groups is 1. The van der Waals surface area contributed by atoms with Gasteiger partial charge in [-0.15, -0.1) is 0 Å². The first-order valence-electron chi connectivity index (χ1n) is 6.83. The van der Waals surface area contributed by atoms with Crippen molar-refractivity contribution in [2.75, 3.05) is 0 Å². The van der Waals surface area contributed by atoms with Gasteiger partial charge in [0.1, 0.15) is 0 Å². The molecule has 0 aromatic heterocycles. The highest BCUT2D eigenvalue weighted by Crippen LogP contribution is 2.17. The maximum Gasteiger partial charge on any atom is 0.237 e. The zero-order valence-electron chi connectivity index (χ0n) is 11.7. The van der Waals surface area contributed by atoms with Gasteiger partial charge in [0.05, 0.1) is 12.1 Å². The molecule has 0 bridgehead atoms. The van der Waals surface area contributed by atoms with Crippen LogP contribution in [0.2, 0.25) is 0 Å². The number of aliphatic hydroxyl groups excluding tert-OH is 1. The van der Waals surface area contributed by atoms with Crippen molar-refractivity contribution in [2.24, 2.45) is 5.73 Å². The number of aliphatic hydroxyl groups is 1. The maximum absolute atomic E-state index is 11.7. The molecule has 1 amide bonds. The number of hydrogen-bond donors (Lipinski definition) is 3. The first-order chi connectivity index (χ1) is 9.04. The molecule has 0 saturated heterocycles. The van der Waals surface area contributed by atoms with Crippen LogP contribution in [0.3, 0.4) is 0 Å². The van der Waals surface area contributed by atoms with Gasteiger partial charge in [-0.05, 0) is 25.3 Å². The van der Waals surface area contributed by atoms with Gasteiger partial charge >= 0.3 is 0 Å². The number of amides is 1. The number of rotatable bonds is 7. The summed E-state index contributed by atoms with van der Waals surface area (Å²) in [5.74, 6) is -0.144. The Morgan fingerprint density at radius 2 is 2.00 bits per heavy atom. The van der Waals surface area contributed by atoms with Gasteiger partial charge in [-0.2, -0.15) is 0 Å². The molecule has 3 atom stereocenters. The van der Waals surface area contributed by atoms with Crippen LogP contribution in [-0.2, 0) is 4.79 Å². The van der Waals surface area contributed by atoms with Gasteiger partial charge in [0.15, 0.2) is 0 Å². The fraction of sp³-hybridized carbons (Fsp3) is 0.533. The third-order valence-electron chi connectivity index (χ3n) is 3.09. The van der Waals surface area contributed by atoms with Crippen molar-refractivity contribution in [1.29, 1.82) is 0 Å². The number of carbonyl (C=O) groups excluding carboxylic acids is 1. The Morgan fingerprint density at radius 1 is 1.37 bits per heavy atom. The van der Waals surface area contributed by atoms with Gasteiger partial charge in [0, 0.05) is 6.04 Å². The average molecular weight is 264 g/mol. The minimum atomic E-state index is -0.570. The summed E-state index contributed by atoms with van der Waals surface area (Å²) in [5, 5.41) is 12.9. The van der Waals surface area contributed by atoms with E-state index in [9.17, 15) is 9.90 Å². The molecule has 1 aromatic rings. The molecular weight excluding hydrogens is 240 g/mol. The topological polar surface area (TPSA) is 75.4 Å². The van der Waals surface area contributed by atoms with Crippen LogP contribution < -0.4 is 11.1 Å². The van der Waals surface area contributed by atoms with Crippen molar-refractivity contribution < 1.29 is 9.90 Å². The van der Waals surface area contributed by atoms with E-state index in [1.165, 1.54) is 0 Å². The monoisotopic (exact) mass is 264 g/mol. The number of hydrogen-bond acceptors (Lipinski definition) is 3. The van der Waals surface area contributed by atoms with Crippen LogP contribution in [0.15, 0.2) is 30.3 Å². The summed E-state index contributed by atoms with van der Waals surface area (Å²) in [6.45, 7) is 3.87. The van der Waals surface area contributed by atoms with Crippen molar-refractivity contribution >= 4 is 5.91 Å². The Bertz CT molecular complexity index is 381. The predicted octanol–water partition coefficient (Wildman–Crippen LogP) is 1.74. The highest BCUT2D eigenvalue weighted by molar-refractivity contribution is 5.81. The number of benzene rings is 1. The van der Waals surface area contributed by atoms with E-state index in [1.54, 1.807) is 0 Å². The zero-order valence-corrected chi connectivity index (χ0v) is 11.7. The minimum absolute atomic E-state index is 0.106. The van der Waals surface area contributed by atoms with E-state index >= 15 is 0 Å². The lowest BCUT2D eigenvalue weighted by Gasteiger charge is -2.20. The van der Waals surface area contributed by atoms with E-state index in [1.807, 2.05) is 44.2 Å². The smallest absolute Gasteiger partial charge is 0.237 e. The second-order valence-corrected chi connectivity index (χ2v) is 4.97. The highest BCUT2D eigenvalue weighted by Gasteiger charge is 2.17. The van der Waals surface area contributed by atoms with Crippen molar-refractivity contribution in [1.82, 2.24) is 5.32 Å². The summed E-state index contributed by atoms with van der Waals surface area (Å²) in [6, 6.07) is 8.87. The Labute approximate surface area is 115 Å². The summed E-state index contributed by atoms with van der Waals surface area (Å²) in [5.41, 5.74) is 6.61. The molecule has 0 fully saturated rings. The first kappa shape index (κ1) is 15.7. The molecule has 19 heavy (non-hydrogen) atoms. The Kier molecular flexibility index (Phi) is 6.53. The summed E-state index contributed by atoms with van der Waals surface area (Å²) in [6.07, 6.45) is 1.48. The summed E-state index contributed by atoms with van der Waals surface area (Å²) >= 11 is 0. The van der Waals surface area contributed by atoms with E-state index in [0.29, 0.717) is 12.8 Å². The second kappa shape index (κ2) is 7.92. The molecule has 4 heteroatoms. The summed E-state index contributed by atoms with van der Waals surface area (Å²) in [4.78, 5) is 11.7. The lowest BCUT2D eigenvalue weighted by molar-refractivity contribution is -0.123. The molecule has 3 unspecified atom stereocenters. The van der Waals surface area contributed by atoms with Gasteiger partial charge in [0.2, 0.25) is 5.91 Å². The van der Waals surface area contributed by atoms with E-state index < -0.39 is 12.1 Å². The van der Waals surface area contributed by atoms with Crippen LogP contribution in [0.1, 0.15) is 44.8 Å².